The van der Waals surface area contributed by atoms with Gasteiger partial charge in [-0.05, 0) is 210 Å². The van der Waals surface area contributed by atoms with Crippen LogP contribution in [0.25, 0.3) is 168 Å². The van der Waals surface area contributed by atoms with Gasteiger partial charge in [0.2, 0.25) is 0 Å². The van der Waals surface area contributed by atoms with E-state index in [1.165, 1.54) is 32.7 Å². The van der Waals surface area contributed by atoms with Crippen LogP contribution in [0.1, 0.15) is 131 Å². The fraction of sp³-hybridized carbons (Fsp3) is 0.110. The van der Waals surface area contributed by atoms with Crippen LogP contribution in [0.4, 0.5) is 17.1 Å². The molecule has 0 bridgehead atoms. The Morgan fingerprint density at radius 2 is 0.446 bits per heavy atom. The molecule has 12 nitrogen and oxygen atoms in total. The number of pyridine rings is 3. The molecule has 20 aromatic rings. The number of hydrogen-bond donors (Lipinski definition) is 0. The second-order valence-corrected chi connectivity index (χ2v) is 37.5. The van der Waals surface area contributed by atoms with Crippen molar-refractivity contribution in [3.63, 3.8) is 0 Å². The van der Waals surface area contributed by atoms with Gasteiger partial charge < -0.3 is 14.0 Å². The van der Waals surface area contributed by atoms with Gasteiger partial charge in [-0.15, -0.1) is 0 Å². The molecule has 1 aliphatic heterocycles. The lowest BCUT2D eigenvalue weighted by Crippen LogP contribution is -2.12. The van der Waals surface area contributed by atoms with Gasteiger partial charge >= 0.3 is 0 Å². The van der Waals surface area contributed by atoms with Gasteiger partial charge in [-0.25, -0.2) is 15.0 Å². The molecule has 0 atom stereocenters. The first-order valence-corrected chi connectivity index (χ1v) is 46.6. The number of aromatic nitrogens is 5. The molecule has 0 saturated heterocycles. The molecule has 0 fully saturated rings. The summed E-state index contributed by atoms with van der Waals surface area (Å²) in [5.41, 5.74) is 35.8. The van der Waals surface area contributed by atoms with Crippen LogP contribution in [0.5, 0.6) is 0 Å². The summed E-state index contributed by atoms with van der Waals surface area (Å²) in [6.07, 6.45) is 4.32. The lowest BCUT2D eigenvalue weighted by Gasteiger charge is -2.29. The molecule has 0 N–H and O–H groups in total. The van der Waals surface area contributed by atoms with E-state index in [0.717, 1.165) is 145 Å². The number of anilines is 3. The molecule has 0 radical (unpaired) electrons. The minimum absolute atomic E-state index is 0.0116. The molecular weight excluding hydrogens is 1690 g/mol. The number of rotatable bonds is 12. The zero-order valence-corrected chi connectivity index (χ0v) is 79.5. The maximum Gasteiger partial charge on any atom is 0.102 e. The Labute approximate surface area is 811 Å². The van der Waals surface area contributed by atoms with Crippen molar-refractivity contribution in [2.24, 2.45) is 0 Å². The minimum Gasteiger partial charge on any atom is -0.309 e. The second-order valence-electron chi connectivity index (χ2n) is 37.5. The normalized spacial score (nSPS) is 11.5. The summed E-state index contributed by atoms with van der Waals surface area (Å²) >= 11 is 0. The Kier molecular flexibility index (Phi) is 24.2. The molecular formula is C127H96N12. The molecule has 0 spiro atoms. The predicted molar refractivity (Wildman–Crippen MR) is 568 cm³/mol. The van der Waals surface area contributed by atoms with E-state index in [-0.39, 0.29) is 10.8 Å². The highest BCUT2D eigenvalue weighted by atomic mass is 15.1. The maximum absolute atomic E-state index is 10.8. The topological polar surface area (TPSA) is 195 Å². The van der Waals surface area contributed by atoms with Crippen LogP contribution in [0.2, 0.25) is 0 Å². The Balaban J connectivity index is 0.000000134. The van der Waals surface area contributed by atoms with Gasteiger partial charge in [0.25, 0.3) is 0 Å². The molecule has 6 heterocycles. The van der Waals surface area contributed by atoms with Crippen LogP contribution in [0.3, 0.4) is 0 Å². The summed E-state index contributed by atoms with van der Waals surface area (Å²) in [6, 6.07) is 134. The van der Waals surface area contributed by atoms with E-state index >= 15 is 0 Å². The molecule has 139 heavy (non-hydrogen) atoms. The Morgan fingerprint density at radius 3 is 0.698 bits per heavy atom. The molecule has 5 aromatic heterocycles. The van der Waals surface area contributed by atoms with E-state index in [1.54, 1.807) is 0 Å². The third kappa shape index (κ3) is 16.6. The molecule has 15 aromatic carbocycles. The van der Waals surface area contributed by atoms with Crippen LogP contribution in [-0.2, 0) is 10.8 Å². The fourth-order valence-corrected chi connectivity index (χ4v) is 20.1. The third-order valence-corrected chi connectivity index (χ3v) is 26.5. The Bertz CT molecular complexity index is 8150. The van der Waals surface area contributed by atoms with Crippen molar-refractivity contribution >= 4 is 72.8 Å². The monoisotopic (exact) mass is 1790 g/mol. The van der Waals surface area contributed by atoms with E-state index in [0.29, 0.717) is 84.2 Å². The quantitative estimate of drug-likeness (QED) is 0.114. The fourth-order valence-electron chi connectivity index (χ4n) is 20.1. The molecule has 0 aliphatic carbocycles. The second kappa shape index (κ2) is 37.4. The first-order chi connectivity index (χ1) is 67.5. The number of nitrogens with zero attached hydrogens (tertiary/aromatic N) is 12. The highest BCUT2D eigenvalue weighted by Crippen LogP contribution is 2.51. The van der Waals surface area contributed by atoms with Crippen LogP contribution in [0, 0.1) is 110 Å². The first-order valence-electron chi connectivity index (χ1n) is 46.6. The van der Waals surface area contributed by atoms with Crippen molar-refractivity contribution < 1.29 is 0 Å². The third-order valence-electron chi connectivity index (χ3n) is 26.5. The molecule has 0 amide bonds. The summed E-state index contributed by atoms with van der Waals surface area (Å²) in [7, 11) is 0. The van der Waals surface area contributed by atoms with Gasteiger partial charge in [0, 0.05) is 88.7 Å². The highest BCUT2D eigenvalue weighted by Gasteiger charge is 2.33. The lowest BCUT2D eigenvalue weighted by molar-refractivity contribution is 0.590. The molecule has 1 aliphatic rings. The largest absolute Gasteiger partial charge is 0.309 e. The number of fused-ring (bicyclic) bond motifs is 8. The predicted octanol–water partition coefficient (Wildman–Crippen LogP) is 32.1. The van der Waals surface area contributed by atoms with Crippen molar-refractivity contribution in [3.05, 3.63) is 441 Å². The van der Waals surface area contributed by atoms with E-state index in [4.69, 9.17) is 15.0 Å². The average Bonchev–Trinajstić information content (AvgIpc) is 1.71. The number of hydrogen-bond acceptors (Lipinski definition) is 10. The van der Waals surface area contributed by atoms with E-state index < -0.39 is 0 Å². The first kappa shape index (κ1) is 90.0. The minimum atomic E-state index is 0.0116. The van der Waals surface area contributed by atoms with Crippen LogP contribution >= 0.6 is 0 Å². The molecule has 0 unspecified atom stereocenters. The van der Waals surface area contributed by atoms with Gasteiger partial charge in [0.15, 0.2) is 0 Å². The van der Waals surface area contributed by atoms with Crippen molar-refractivity contribution in [1.82, 2.24) is 24.1 Å². The summed E-state index contributed by atoms with van der Waals surface area (Å²) < 4.78 is 4.66. The van der Waals surface area contributed by atoms with Crippen molar-refractivity contribution in [3.8, 4) is 149 Å². The summed E-state index contributed by atoms with van der Waals surface area (Å²) in [5.74, 6) is 0. The SMILES string of the molecule is Cc1cc(-n2c3ccc(C(C)(C)C)cc3c3cc(C(C)(C)C)ccc32)cc(C)c1-c1c(C#N)c(-c2ccccc2)nc(-c2ccccc2)c1C#N.Cc1cc(-n2c3ccccc3c3ccccc32)cc(C)c1-c1c(C#N)c(-c2ccccc2)nc(-c2ccccc2)c1C#N.Cc1cc(N2c3ccccc3C=Cc3ccccc32)cc(C)c1-c1c(C#N)c(-c2ccccc2)nc(-c2ccccc2)c1C#N. The number of aryl methyl sites for hydroxylation is 6. The summed E-state index contributed by atoms with van der Waals surface area (Å²) in [4.78, 5) is 17.3. The molecule has 664 valence electrons. The average molecular weight is 1790 g/mol. The van der Waals surface area contributed by atoms with Crippen LogP contribution in [0.15, 0.2) is 352 Å². The zero-order chi connectivity index (χ0) is 96.7. The van der Waals surface area contributed by atoms with Crippen molar-refractivity contribution in [2.75, 3.05) is 4.90 Å². The van der Waals surface area contributed by atoms with E-state index in [9.17, 15) is 31.6 Å². The van der Waals surface area contributed by atoms with Gasteiger partial charge in [-0.3, -0.25) is 0 Å². The van der Waals surface area contributed by atoms with Crippen molar-refractivity contribution in [2.45, 2.75) is 93.9 Å². The Hall–Kier alpha value is -18.2. The van der Waals surface area contributed by atoms with Crippen LogP contribution in [-0.4, -0.2) is 24.1 Å². The van der Waals surface area contributed by atoms with Gasteiger partial charge in [-0.1, -0.05) is 321 Å². The highest BCUT2D eigenvalue weighted by molar-refractivity contribution is 6.12. The lowest BCUT2D eigenvalue weighted by atomic mass is 9.85. The molecule has 21 rings (SSSR count). The van der Waals surface area contributed by atoms with E-state index in [2.05, 4.69) is 316 Å². The molecule has 12 heteroatoms. The summed E-state index contributed by atoms with van der Waals surface area (Å²) in [6.45, 7) is 26.0. The zero-order valence-electron chi connectivity index (χ0n) is 79.5. The van der Waals surface area contributed by atoms with Gasteiger partial charge in [0.1, 0.15) is 36.4 Å². The van der Waals surface area contributed by atoms with Crippen molar-refractivity contribution in [1.29, 1.82) is 31.6 Å². The smallest absolute Gasteiger partial charge is 0.102 e. The number of benzene rings is 15. The van der Waals surface area contributed by atoms with Gasteiger partial charge in [0.05, 0.1) is 101 Å². The number of para-hydroxylation sites is 4. The Morgan fingerprint density at radius 1 is 0.223 bits per heavy atom. The molecule has 0 saturated carbocycles. The van der Waals surface area contributed by atoms with E-state index in [1.807, 2.05) is 182 Å². The van der Waals surface area contributed by atoms with Gasteiger partial charge in [-0.2, -0.15) is 31.6 Å². The standard InChI is InChI=1S/C47H42N4.C41H28N4.C39H26N4/c1-29-23-35(51-40-21-19-33(46(3,4)5)25-36(40)37-26-34(47(6,7)8)20-22-41(37)51)24-30(2)42(29)43-38(27-48)44(31-15-11-9-12-16-31)50-45(39(43)28-49)32-17-13-10-14-18-32;1-27-23-33(45-36-19-11-9-13-29(36)21-22-30-14-10-12-20-37(30)45)24-28(2)38(27)39-34(25-42)40(31-15-5-3-6-16-31)44-41(35(39)26-43)32-17-7-4-8-18-32;1-25-21-29(43-34-19-11-9-17-30(34)31-18-10-12-20-35(31)43)22-26(2)36(25)37-32(23-40)38(27-13-5-3-6-14-27)42-39(33(37)24-41)28-15-7-4-8-16-28/h9-26H,1-8H3;3-24H,1-2H3;3-22H,1-2H3. The van der Waals surface area contributed by atoms with Crippen LogP contribution < -0.4 is 4.90 Å². The summed E-state index contributed by atoms with van der Waals surface area (Å²) in [5, 5.41) is 69.0. The number of nitriles is 6. The maximum atomic E-state index is 10.8.